The molecule has 0 saturated carbocycles. The van der Waals surface area contributed by atoms with Gasteiger partial charge in [0.2, 0.25) is 11.8 Å². The minimum atomic E-state index is -0.237. The van der Waals surface area contributed by atoms with Crippen molar-refractivity contribution in [2.24, 2.45) is 0 Å². The summed E-state index contributed by atoms with van der Waals surface area (Å²) in [5, 5.41) is 7.73. The van der Waals surface area contributed by atoms with Gasteiger partial charge in [0.15, 0.2) is 0 Å². The SMILES string of the molecule is CCN(CC(=O)Nc1cc(C(C)(C)C)nn1-c1ccc(C)cc1)C(=O)CCc1ccccc1. The Balaban J connectivity index is 1.72. The van der Waals surface area contributed by atoms with Crippen molar-refractivity contribution in [2.45, 2.75) is 52.9 Å². The lowest BCUT2D eigenvalue weighted by Crippen LogP contribution is -2.38. The van der Waals surface area contributed by atoms with E-state index < -0.39 is 0 Å². The van der Waals surface area contributed by atoms with E-state index in [0.29, 0.717) is 25.2 Å². The standard InChI is InChI=1S/C27H34N4O2/c1-6-30(26(33)17-14-21-10-8-7-9-11-21)19-25(32)28-24-18-23(27(3,4)5)29-31(24)22-15-12-20(2)13-16-22/h7-13,15-16,18H,6,14,17,19H2,1-5H3,(H,28,32). The summed E-state index contributed by atoms with van der Waals surface area (Å²) in [6.45, 7) is 10.7. The maximum Gasteiger partial charge on any atom is 0.245 e. The molecule has 2 amide bonds. The zero-order valence-electron chi connectivity index (χ0n) is 20.3. The Morgan fingerprint density at radius 3 is 2.30 bits per heavy atom. The van der Waals surface area contributed by atoms with Gasteiger partial charge in [0.1, 0.15) is 5.82 Å². The number of aryl methyl sites for hydroxylation is 2. The largest absolute Gasteiger partial charge is 0.334 e. The quantitative estimate of drug-likeness (QED) is 0.535. The van der Waals surface area contributed by atoms with Gasteiger partial charge in [0, 0.05) is 24.4 Å². The van der Waals surface area contributed by atoms with Gasteiger partial charge in [0.05, 0.1) is 17.9 Å². The number of aromatic nitrogens is 2. The Labute approximate surface area is 196 Å². The van der Waals surface area contributed by atoms with Gasteiger partial charge in [-0.25, -0.2) is 4.68 Å². The van der Waals surface area contributed by atoms with Crippen molar-refractivity contribution in [3.63, 3.8) is 0 Å². The number of nitrogens with zero attached hydrogens (tertiary/aromatic N) is 3. The molecule has 0 spiro atoms. The molecule has 1 N–H and O–H groups in total. The molecule has 0 saturated heterocycles. The van der Waals surface area contributed by atoms with Crippen molar-refractivity contribution in [2.75, 3.05) is 18.4 Å². The topological polar surface area (TPSA) is 67.2 Å². The van der Waals surface area contributed by atoms with Crippen LogP contribution < -0.4 is 5.32 Å². The molecule has 1 aromatic heterocycles. The highest BCUT2D eigenvalue weighted by molar-refractivity contribution is 5.94. The molecule has 0 bridgehead atoms. The van der Waals surface area contributed by atoms with Crippen LogP contribution in [-0.4, -0.2) is 39.6 Å². The van der Waals surface area contributed by atoms with Gasteiger partial charge in [-0.1, -0.05) is 68.8 Å². The van der Waals surface area contributed by atoms with Crippen LogP contribution in [0.2, 0.25) is 0 Å². The molecule has 0 radical (unpaired) electrons. The van der Waals surface area contributed by atoms with Crippen LogP contribution in [0.4, 0.5) is 5.82 Å². The Hall–Kier alpha value is -3.41. The van der Waals surface area contributed by atoms with E-state index in [1.54, 1.807) is 9.58 Å². The average molecular weight is 447 g/mol. The lowest BCUT2D eigenvalue weighted by Gasteiger charge is -2.20. The van der Waals surface area contributed by atoms with Gasteiger partial charge in [-0.15, -0.1) is 0 Å². The molecule has 33 heavy (non-hydrogen) atoms. The molecule has 1 heterocycles. The lowest BCUT2D eigenvalue weighted by molar-refractivity contribution is -0.134. The van der Waals surface area contributed by atoms with E-state index in [9.17, 15) is 9.59 Å². The van der Waals surface area contributed by atoms with Gasteiger partial charge in [-0.2, -0.15) is 5.10 Å². The number of nitrogens with one attached hydrogen (secondary N) is 1. The summed E-state index contributed by atoms with van der Waals surface area (Å²) in [7, 11) is 0. The predicted octanol–water partition coefficient (Wildman–Crippen LogP) is 4.90. The first-order valence-electron chi connectivity index (χ1n) is 11.5. The van der Waals surface area contributed by atoms with Crippen LogP contribution in [0.25, 0.3) is 5.69 Å². The Morgan fingerprint density at radius 1 is 1.03 bits per heavy atom. The van der Waals surface area contributed by atoms with Gasteiger partial charge >= 0.3 is 0 Å². The zero-order valence-corrected chi connectivity index (χ0v) is 20.3. The molecule has 3 aromatic rings. The van der Waals surface area contributed by atoms with Crippen molar-refractivity contribution in [1.82, 2.24) is 14.7 Å². The summed E-state index contributed by atoms with van der Waals surface area (Å²) in [6, 6.07) is 19.8. The van der Waals surface area contributed by atoms with Crippen LogP contribution >= 0.6 is 0 Å². The number of hydrogen-bond acceptors (Lipinski definition) is 3. The number of amides is 2. The highest BCUT2D eigenvalue weighted by Crippen LogP contribution is 2.26. The molecule has 6 nitrogen and oxygen atoms in total. The summed E-state index contributed by atoms with van der Waals surface area (Å²) < 4.78 is 1.76. The number of rotatable bonds is 8. The molecule has 0 aliphatic rings. The van der Waals surface area contributed by atoms with Gasteiger partial charge in [-0.05, 0) is 38.0 Å². The smallest absolute Gasteiger partial charge is 0.245 e. The van der Waals surface area contributed by atoms with E-state index >= 15 is 0 Å². The van der Waals surface area contributed by atoms with E-state index in [-0.39, 0.29) is 23.8 Å². The van der Waals surface area contributed by atoms with Crippen molar-refractivity contribution >= 4 is 17.6 Å². The number of anilines is 1. The summed E-state index contributed by atoms with van der Waals surface area (Å²) in [5.74, 6) is 0.333. The van der Waals surface area contributed by atoms with E-state index in [1.807, 2.05) is 74.5 Å². The molecule has 0 unspecified atom stereocenters. The summed E-state index contributed by atoms with van der Waals surface area (Å²) in [4.78, 5) is 27.2. The fourth-order valence-corrected chi connectivity index (χ4v) is 3.51. The molecule has 174 valence electrons. The molecule has 2 aromatic carbocycles. The number of carbonyl (C=O) groups excluding carboxylic acids is 2. The first kappa shape index (κ1) is 24.2. The highest BCUT2D eigenvalue weighted by Gasteiger charge is 2.22. The van der Waals surface area contributed by atoms with Crippen LogP contribution in [0.3, 0.4) is 0 Å². The highest BCUT2D eigenvalue weighted by atomic mass is 16.2. The minimum absolute atomic E-state index is 0.00799. The molecule has 0 atom stereocenters. The molecule has 0 aliphatic heterocycles. The number of carbonyl (C=O) groups is 2. The second kappa shape index (κ2) is 10.5. The Morgan fingerprint density at radius 2 is 1.70 bits per heavy atom. The first-order chi connectivity index (χ1) is 15.7. The average Bonchev–Trinajstić information content (AvgIpc) is 3.21. The molecular formula is C27H34N4O2. The maximum atomic E-state index is 12.9. The first-order valence-corrected chi connectivity index (χ1v) is 11.5. The third kappa shape index (κ3) is 6.54. The van der Waals surface area contributed by atoms with Crippen LogP contribution in [0.15, 0.2) is 60.7 Å². The van der Waals surface area contributed by atoms with E-state index in [2.05, 4.69) is 26.1 Å². The van der Waals surface area contributed by atoms with E-state index in [0.717, 1.165) is 22.5 Å². The second-order valence-electron chi connectivity index (χ2n) is 9.35. The Bertz CT molecular complexity index is 1080. The fourth-order valence-electron chi connectivity index (χ4n) is 3.51. The minimum Gasteiger partial charge on any atom is -0.334 e. The number of benzene rings is 2. The van der Waals surface area contributed by atoms with Crippen molar-refractivity contribution in [1.29, 1.82) is 0 Å². The third-order valence-corrected chi connectivity index (χ3v) is 5.56. The van der Waals surface area contributed by atoms with Gasteiger partial charge < -0.3 is 10.2 Å². The lowest BCUT2D eigenvalue weighted by atomic mass is 9.92. The van der Waals surface area contributed by atoms with Crippen molar-refractivity contribution in [3.05, 3.63) is 77.5 Å². The van der Waals surface area contributed by atoms with E-state index in [1.165, 1.54) is 0 Å². The summed E-state index contributed by atoms with van der Waals surface area (Å²) in [5.41, 5.74) is 3.85. The van der Waals surface area contributed by atoms with Crippen molar-refractivity contribution < 1.29 is 9.59 Å². The summed E-state index contributed by atoms with van der Waals surface area (Å²) >= 11 is 0. The second-order valence-corrected chi connectivity index (χ2v) is 9.35. The third-order valence-electron chi connectivity index (χ3n) is 5.56. The van der Waals surface area contributed by atoms with E-state index in [4.69, 9.17) is 5.10 Å². The molecule has 6 heteroatoms. The number of hydrogen-bond donors (Lipinski definition) is 1. The molecular weight excluding hydrogens is 412 g/mol. The monoisotopic (exact) mass is 446 g/mol. The zero-order chi connectivity index (χ0) is 24.0. The fraction of sp³-hybridized carbons (Fsp3) is 0.370. The molecule has 0 fully saturated rings. The molecule has 0 aliphatic carbocycles. The Kier molecular flexibility index (Phi) is 7.69. The maximum absolute atomic E-state index is 12.9. The summed E-state index contributed by atoms with van der Waals surface area (Å²) in [6.07, 6.45) is 1.04. The normalized spacial score (nSPS) is 11.3. The predicted molar refractivity (Wildman–Crippen MR) is 133 cm³/mol. The van der Waals surface area contributed by atoms with Crippen LogP contribution in [0.1, 0.15) is 50.9 Å². The van der Waals surface area contributed by atoms with Crippen LogP contribution in [0.5, 0.6) is 0 Å². The van der Waals surface area contributed by atoms with Gasteiger partial charge in [0.25, 0.3) is 0 Å². The van der Waals surface area contributed by atoms with Gasteiger partial charge in [-0.3, -0.25) is 9.59 Å². The molecule has 3 rings (SSSR count). The van der Waals surface area contributed by atoms with Crippen LogP contribution in [0, 0.1) is 6.92 Å². The van der Waals surface area contributed by atoms with Crippen molar-refractivity contribution in [3.8, 4) is 5.69 Å². The number of likely N-dealkylation sites (N-methyl/N-ethyl adjacent to an activating group) is 1. The van der Waals surface area contributed by atoms with Crippen LogP contribution in [-0.2, 0) is 21.4 Å².